The van der Waals surface area contributed by atoms with Gasteiger partial charge in [-0.15, -0.1) is 0 Å². The summed E-state index contributed by atoms with van der Waals surface area (Å²) in [6.45, 7) is 5.05. The Morgan fingerprint density at radius 2 is 2.00 bits per heavy atom. The summed E-state index contributed by atoms with van der Waals surface area (Å²) in [6.07, 6.45) is 2.62. The Balaban J connectivity index is 2.50. The first kappa shape index (κ1) is 16.2. The van der Waals surface area contributed by atoms with E-state index in [0.29, 0.717) is 23.7 Å². The standard InChI is InChI=1S/C16H23N3O/c1-4-14(5-2)19(3)11-10-16(20)18-15-9-7-6-8-13(15)12-17/h6-9,14H,4-5,10-11H2,1-3H3,(H,18,20). The number of nitrogens with zero attached hydrogens (tertiary/aromatic N) is 2. The van der Waals surface area contributed by atoms with Crippen LogP contribution in [0.2, 0.25) is 0 Å². The Morgan fingerprint density at radius 1 is 1.35 bits per heavy atom. The van der Waals surface area contributed by atoms with E-state index in [2.05, 4.69) is 30.1 Å². The smallest absolute Gasteiger partial charge is 0.225 e. The molecule has 108 valence electrons. The van der Waals surface area contributed by atoms with Gasteiger partial charge in [-0.3, -0.25) is 4.79 Å². The van der Waals surface area contributed by atoms with Crippen LogP contribution in [-0.4, -0.2) is 30.4 Å². The molecule has 0 bridgehead atoms. The SMILES string of the molecule is CCC(CC)N(C)CCC(=O)Nc1ccccc1C#N. The Labute approximate surface area is 121 Å². The lowest BCUT2D eigenvalue weighted by Gasteiger charge is -2.25. The molecule has 0 aliphatic carbocycles. The molecule has 1 rings (SSSR count). The third-order valence-corrected chi connectivity index (χ3v) is 3.58. The molecule has 0 saturated heterocycles. The first-order chi connectivity index (χ1) is 9.62. The lowest BCUT2D eigenvalue weighted by Crippen LogP contribution is -2.33. The summed E-state index contributed by atoms with van der Waals surface area (Å²) in [5.41, 5.74) is 1.08. The third-order valence-electron chi connectivity index (χ3n) is 3.58. The Bertz CT molecular complexity index is 475. The molecule has 0 saturated carbocycles. The van der Waals surface area contributed by atoms with Gasteiger partial charge in [0, 0.05) is 19.0 Å². The van der Waals surface area contributed by atoms with Crippen LogP contribution < -0.4 is 5.32 Å². The maximum Gasteiger partial charge on any atom is 0.225 e. The fourth-order valence-electron chi connectivity index (χ4n) is 2.27. The van der Waals surface area contributed by atoms with Crippen molar-refractivity contribution in [3.63, 3.8) is 0 Å². The van der Waals surface area contributed by atoms with Gasteiger partial charge >= 0.3 is 0 Å². The Hall–Kier alpha value is -1.86. The summed E-state index contributed by atoms with van der Waals surface area (Å²) in [6, 6.07) is 9.65. The van der Waals surface area contributed by atoms with E-state index in [1.807, 2.05) is 13.1 Å². The maximum atomic E-state index is 11.9. The van der Waals surface area contributed by atoms with Crippen LogP contribution in [-0.2, 0) is 4.79 Å². The monoisotopic (exact) mass is 273 g/mol. The second-order valence-electron chi connectivity index (χ2n) is 4.91. The molecule has 0 fully saturated rings. The van der Waals surface area contributed by atoms with Crippen LogP contribution in [0.25, 0.3) is 0 Å². The number of nitriles is 1. The highest BCUT2D eigenvalue weighted by molar-refractivity contribution is 5.92. The zero-order valence-corrected chi connectivity index (χ0v) is 12.5. The molecule has 0 aliphatic rings. The van der Waals surface area contributed by atoms with Crippen molar-refractivity contribution in [2.45, 2.75) is 39.2 Å². The van der Waals surface area contributed by atoms with Gasteiger partial charge in [-0.05, 0) is 32.0 Å². The quantitative estimate of drug-likeness (QED) is 0.831. The van der Waals surface area contributed by atoms with Gasteiger partial charge in [0.2, 0.25) is 5.91 Å². The zero-order chi connectivity index (χ0) is 15.0. The number of carbonyl (C=O) groups is 1. The Morgan fingerprint density at radius 3 is 2.60 bits per heavy atom. The molecule has 0 aliphatic heterocycles. The van der Waals surface area contributed by atoms with Gasteiger partial charge in [-0.2, -0.15) is 5.26 Å². The number of carbonyl (C=O) groups excluding carboxylic acids is 1. The minimum absolute atomic E-state index is 0.0505. The van der Waals surface area contributed by atoms with Crippen molar-refractivity contribution in [1.29, 1.82) is 5.26 Å². The van der Waals surface area contributed by atoms with E-state index in [1.165, 1.54) is 0 Å². The average Bonchev–Trinajstić information content (AvgIpc) is 2.47. The van der Waals surface area contributed by atoms with E-state index < -0.39 is 0 Å². The topological polar surface area (TPSA) is 56.1 Å². The van der Waals surface area contributed by atoms with Gasteiger partial charge in [-0.1, -0.05) is 26.0 Å². The van der Waals surface area contributed by atoms with E-state index in [9.17, 15) is 4.79 Å². The normalized spacial score (nSPS) is 10.6. The lowest BCUT2D eigenvalue weighted by molar-refractivity contribution is -0.116. The van der Waals surface area contributed by atoms with Gasteiger partial charge in [0.05, 0.1) is 11.3 Å². The molecule has 0 spiro atoms. The summed E-state index contributed by atoms with van der Waals surface area (Å²) < 4.78 is 0. The van der Waals surface area contributed by atoms with E-state index in [0.717, 1.165) is 19.4 Å². The molecular formula is C16H23N3O. The molecule has 0 atom stereocenters. The molecule has 20 heavy (non-hydrogen) atoms. The number of hydrogen-bond donors (Lipinski definition) is 1. The number of hydrogen-bond acceptors (Lipinski definition) is 3. The fourth-order valence-corrected chi connectivity index (χ4v) is 2.27. The van der Waals surface area contributed by atoms with Gasteiger partial charge in [0.25, 0.3) is 0 Å². The van der Waals surface area contributed by atoms with Crippen LogP contribution in [0.3, 0.4) is 0 Å². The molecule has 1 N–H and O–H groups in total. The summed E-state index contributed by atoms with van der Waals surface area (Å²) in [5.74, 6) is -0.0505. The number of anilines is 1. The minimum Gasteiger partial charge on any atom is -0.325 e. The minimum atomic E-state index is -0.0505. The first-order valence-electron chi connectivity index (χ1n) is 7.11. The number of para-hydroxylation sites is 1. The summed E-state index contributed by atoms with van der Waals surface area (Å²) in [5, 5.41) is 11.8. The van der Waals surface area contributed by atoms with Crippen LogP contribution in [0.15, 0.2) is 24.3 Å². The zero-order valence-electron chi connectivity index (χ0n) is 12.5. The molecule has 1 amide bonds. The van der Waals surface area contributed by atoms with Gasteiger partial charge in [0.1, 0.15) is 6.07 Å². The largest absolute Gasteiger partial charge is 0.325 e. The highest BCUT2D eigenvalue weighted by Crippen LogP contribution is 2.14. The van der Waals surface area contributed by atoms with Crippen molar-refractivity contribution in [2.24, 2.45) is 0 Å². The molecule has 4 nitrogen and oxygen atoms in total. The van der Waals surface area contributed by atoms with E-state index in [1.54, 1.807) is 18.2 Å². The van der Waals surface area contributed by atoms with Crippen LogP contribution >= 0.6 is 0 Å². The summed E-state index contributed by atoms with van der Waals surface area (Å²) in [4.78, 5) is 14.2. The molecule has 0 heterocycles. The second kappa shape index (κ2) is 8.34. The number of amides is 1. The molecular weight excluding hydrogens is 250 g/mol. The van der Waals surface area contributed by atoms with Gasteiger partial charge < -0.3 is 10.2 Å². The van der Waals surface area contributed by atoms with E-state index in [-0.39, 0.29) is 5.91 Å². The van der Waals surface area contributed by atoms with Crippen molar-refractivity contribution in [2.75, 3.05) is 18.9 Å². The summed E-state index contributed by atoms with van der Waals surface area (Å²) >= 11 is 0. The molecule has 0 radical (unpaired) electrons. The second-order valence-corrected chi connectivity index (χ2v) is 4.91. The predicted molar refractivity (Wildman–Crippen MR) is 81.4 cm³/mol. The molecule has 0 unspecified atom stereocenters. The third kappa shape index (κ3) is 4.67. The molecule has 0 aromatic heterocycles. The van der Waals surface area contributed by atoms with Gasteiger partial charge in [0.15, 0.2) is 0 Å². The lowest BCUT2D eigenvalue weighted by atomic mass is 10.1. The number of rotatable bonds is 7. The van der Waals surface area contributed by atoms with Crippen LogP contribution in [0.5, 0.6) is 0 Å². The van der Waals surface area contributed by atoms with Crippen molar-refractivity contribution in [3.8, 4) is 6.07 Å². The summed E-state index contributed by atoms with van der Waals surface area (Å²) in [7, 11) is 2.05. The van der Waals surface area contributed by atoms with Crippen molar-refractivity contribution < 1.29 is 4.79 Å². The average molecular weight is 273 g/mol. The van der Waals surface area contributed by atoms with Crippen LogP contribution in [0.1, 0.15) is 38.7 Å². The van der Waals surface area contributed by atoms with Gasteiger partial charge in [-0.25, -0.2) is 0 Å². The predicted octanol–water partition coefficient (Wildman–Crippen LogP) is 3.01. The maximum absolute atomic E-state index is 11.9. The number of nitrogens with one attached hydrogen (secondary N) is 1. The van der Waals surface area contributed by atoms with Crippen LogP contribution in [0.4, 0.5) is 5.69 Å². The Kier molecular flexibility index (Phi) is 6.75. The van der Waals surface area contributed by atoms with Crippen molar-refractivity contribution in [1.82, 2.24) is 4.90 Å². The van der Waals surface area contributed by atoms with Crippen molar-refractivity contribution in [3.05, 3.63) is 29.8 Å². The highest BCUT2D eigenvalue weighted by Gasteiger charge is 2.12. The van der Waals surface area contributed by atoms with E-state index in [4.69, 9.17) is 5.26 Å². The first-order valence-corrected chi connectivity index (χ1v) is 7.11. The molecule has 1 aromatic carbocycles. The molecule has 1 aromatic rings. The van der Waals surface area contributed by atoms with Crippen LogP contribution in [0, 0.1) is 11.3 Å². The molecule has 4 heteroatoms. The number of benzene rings is 1. The van der Waals surface area contributed by atoms with Crippen molar-refractivity contribution >= 4 is 11.6 Å². The van der Waals surface area contributed by atoms with E-state index >= 15 is 0 Å². The fraction of sp³-hybridized carbons (Fsp3) is 0.500. The highest BCUT2D eigenvalue weighted by atomic mass is 16.1.